The van der Waals surface area contributed by atoms with Gasteiger partial charge in [-0.1, -0.05) is 120 Å². The van der Waals surface area contributed by atoms with Gasteiger partial charge in [-0.25, -0.2) is 0 Å². The Labute approximate surface area is 556 Å². The Kier molecular flexibility index (Phi) is 33.0. The largest absolute Gasteiger partial charge is 0.456 e. The van der Waals surface area contributed by atoms with Crippen molar-refractivity contribution in [3.05, 3.63) is 0 Å². The van der Waals surface area contributed by atoms with Crippen LogP contribution in [0.2, 0.25) is 0 Å². The van der Waals surface area contributed by atoms with Crippen LogP contribution in [0.1, 0.15) is 172 Å². The topological polar surface area (TPSA) is 426 Å². The van der Waals surface area contributed by atoms with Gasteiger partial charge in [0.05, 0.1) is 62.3 Å². The highest BCUT2D eigenvalue weighted by molar-refractivity contribution is 5.74. The Morgan fingerprint density at radius 1 is 0.474 bits per heavy atom. The SMILES string of the molecule is CCCCC[C@H]1CCCCCCCCCC(=O)O[C@H]2[C@H](OC[C@H]3O[C@@H](O[C@H]4[C@H](O)[C@@H](CO)O[C@@H](O[C@H]5[C@H](O1)O[C@H](CO)[C@@H](O)[C@@H]5O)[C@@H]4O[C@@H]1O[C@@H](C)[C@H](OC(=O)[C@@H](C)CC)[C@@H](O)[C@H]1OC(=O)[C@@H](C)CC)[C@H](O)[C@@H](OC(=O)C(C)C)[C@@H]3OC(=O)[C@@H](C)CC)O[C@H](CO)[C@@H](O)[C@@H]2O. The number of aliphatic hydroxyl groups excluding tert-OH is 10. The molecule has 6 fully saturated rings. The molecule has 6 rings (SSSR count). The summed E-state index contributed by atoms with van der Waals surface area (Å²) >= 11 is 0. The molecule has 6 heterocycles. The Bertz CT molecular complexity index is 2320. The van der Waals surface area contributed by atoms with E-state index in [9.17, 15) is 75.0 Å². The summed E-state index contributed by atoms with van der Waals surface area (Å²) in [6.07, 6.45) is -38.0. The fourth-order valence-corrected chi connectivity index (χ4v) is 11.9. The van der Waals surface area contributed by atoms with Gasteiger partial charge in [0.15, 0.2) is 62.0 Å². The van der Waals surface area contributed by atoms with E-state index in [1.54, 1.807) is 41.5 Å². The number of carbonyl (C=O) groups excluding carboxylic acids is 5. The van der Waals surface area contributed by atoms with Crippen LogP contribution in [0.5, 0.6) is 0 Å². The lowest BCUT2D eigenvalue weighted by atomic mass is 9.95. The molecule has 10 N–H and O–H groups in total. The van der Waals surface area contributed by atoms with E-state index in [-0.39, 0.29) is 19.3 Å². The molecule has 0 aromatic carbocycles. The number of aliphatic hydroxyl groups is 10. The lowest BCUT2D eigenvalue weighted by Gasteiger charge is -2.51. The molecule has 95 heavy (non-hydrogen) atoms. The molecule has 30 heteroatoms. The van der Waals surface area contributed by atoms with Crippen LogP contribution in [-0.4, -0.2) is 267 Å². The fourth-order valence-electron chi connectivity index (χ4n) is 11.9. The number of hydrogen-bond acceptors (Lipinski definition) is 30. The van der Waals surface area contributed by atoms with Crippen molar-refractivity contribution in [1.29, 1.82) is 0 Å². The summed E-state index contributed by atoms with van der Waals surface area (Å²) in [5.41, 5.74) is 0. The summed E-state index contributed by atoms with van der Waals surface area (Å²) in [4.78, 5) is 68.7. The van der Waals surface area contributed by atoms with Gasteiger partial charge in [-0.2, -0.15) is 0 Å². The second-order valence-electron chi connectivity index (χ2n) is 26.4. The lowest BCUT2D eigenvalue weighted by molar-refractivity contribution is -0.410. The van der Waals surface area contributed by atoms with Crippen LogP contribution in [0.4, 0.5) is 0 Å². The van der Waals surface area contributed by atoms with E-state index in [0.29, 0.717) is 44.9 Å². The molecule has 0 saturated carbocycles. The lowest BCUT2D eigenvalue weighted by Crippen LogP contribution is -2.69. The molecule has 6 aliphatic rings. The van der Waals surface area contributed by atoms with Crippen molar-refractivity contribution in [2.24, 2.45) is 23.7 Å². The third kappa shape index (κ3) is 21.3. The highest BCUT2D eigenvalue weighted by atomic mass is 16.8. The summed E-state index contributed by atoms with van der Waals surface area (Å²) in [6.45, 7) is 12.7. The predicted molar refractivity (Wildman–Crippen MR) is 326 cm³/mol. The first-order chi connectivity index (χ1) is 45.3. The smallest absolute Gasteiger partial charge is 0.309 e. The quantitative estimate of drug-likeness (QED) is 0.0464. The maximum absolute atomic E-state index is 13.9. The maximum atomic E-state index is 13.9. The molecule has 0 unspecified atom stereocenters. The van der Waals surface area contributed by atoms with Gasteiger partial charge in [-0.15, -0.1) is 0 Å². The highest BCUT2D eigenvalue weighted by Crippen LogP contribution is 2.40. The summed E-state index contributed by atoms with van der Waals surface area (Å²) in [6, 6.07) is 0. The van der Waals surface area contributed by atoms with Crippen LogP contribution in [0.3, 0.4) is 0 Å². The Morgan fingerprint density at radius 2 is 0.979 bits per heavy atom. The van der Waals surface area contributed by atoms with Crippen molar-refractivity contribution < 1.29 is 146 Å². The fraction of sp³-hybridized carbons (Fsp3) is 0.923. The molecular formula is C65H110O30. The molecule has 550 valence electrons. The van der Waals surface area contributed by atoms with Gasteiger partial charge in [-0.05, 0) is 45.4 Å². The van der Waals surface area contributed by atoms with Gasteiger partial charge in [0, 0.05) is 6.42 Å². The molecule has 0 aromatic rings. The number of fused-ring (bicyclic) bond motifs is 6. The average Bonchev–Trinajstić information content (AvgIpc) is 0.771. The van der Waals surface area contributed by atoms with E-state index in [1.807, 2.05) is 6.92 Å². The standard InChI is InChI=1S/C65H110O30/c1-11-15-21-24-36-25-22-19-17-16-18-20-23-26-41(69)88-53-45(73)42(70)37(27-66)84-62(53)81-30-40-50(90-59(79)33(8)13-3)52(91-57(77)31(5)6)48(76)61(87-40)93-51-44(72)39(29-68)86-65(94-54-46(74)43(71)38(28-67)85-64(54)83-36)56(51)95-63-55(92-60(80)34(9)14-4)47(75)49(35(10)82-63)89-58(78)32(7)12-2/h31-40,42-56,61-68,70-76H,11-30H2,1-10H3/t32-,33-,34-,35-,36-,37+,38+,39+,40+,42+,43+,44+,45-,46-,47+,48+,49-,50+,51-,52+,53+,54+,55+,56+,61-,62+,63-,64+,65-/m0/s1. The first-order valence-electron chi connectivity index (χ1n) is 34.4. The van der Waals surface area contributed by atoms with Crippen molar-refractivity contribution in [3.8, 4) is 0 Å². The van der Waals surface area contributed by atoms with Crippen LogP contribution in [0, 0.1) is 23.7 Å². The number of rotatable bonds is 20. The normalized spacial score (nSPS) is 40.1. The molecule has 6 aliphatic heterocycles. The monoisotopic (exact) mass is 1370 g/mol. The molecule has 0 aliphatic carbocycles. The highest BCUT2D eigenvalue weighted by Gasteiger charge is 2.60. The molecular weight excluding hydrogens is 1260 g/mol. The third-order valence-corrected chi connectivity index (χ3v) is 18.8. The number of ether oxygens (including phenoxy) is 15. The first-order valence-corrected chi connectivity index (χ1v) is 34.4. The number of hydrogen-bond donors (Lipinski definition) is 10. The van der Waals surface area contributed by atoms with E-state index < -0.39 is 240 Å². The van der Waals surface area contributed by atoms with Crippen LogP contribution in [-0.2, 0) is 95.0 Å². The van der Waals surface area contributed by atoms with Crippen LogP contribution < -0.4 is 0 Å². The van der Waals surface area contributed by atoms with Crippen molar-refractivity contribution in [3.63, 3.8) is 0 Å². The summed E-state index contributed by atoms with van der Waals surface area (Å²) in [5, 5.41) is 116. The molecule has 0 spiro atoms. The zero-order chi connectivity index (χ0) is 70.0. The molecule has 4 bridgehead atoms. The third-order valence-electron chi connectivity index (χ3n) is 18.8. The summed E-state index contributed by atoms with van der Waals surface area (Å²) in [5.74, 6) is -7.35. The maximum Gasteiger partial charge on any atom is 0.309 e. The molecule has 6 saturated heterocycles. The number of esters is 5. The second-order valence-corrected chi connectivity index (χ2v) is 26.4. The van der Waals surface area contributed by atoms with Crippen molar-refractivity contribution in [2.75, 3.05) is 26.4 Å². The number of unbranched alkanes of at least 4 members (excludes halogenated alkanes) is 2. The van der Waals surface area contributed by atoms with Gasteiger partial charge in [0.1, 0.15) is 85.5 Å². The van der Waals surface area contributed by atoms with Gasteiger partial charge in [0.25, 0.3) is 0 Å². The van der Waals surface area contributed by atoms with Crippen molar-refractivity contribution in [2.45, 2.75) is 332 Å². The molecule has 30 nitrogen and oxygen atoms in total. The van der Waals surface area contributed by atoms with E-state index >= 15 is 0 Å². The minimum atomic E-state index is -2.24. The van der Waals surface area contributed by atoms with Crippen molar-refractivity contribution >= 4 is 29.8 Å². The average molecular weight is 1370 g/mol. The Hall–Kier alpha value is -3.45. The number of carbonyl (C=O) groups is 5. The molecule has 0 amide bonds. The zero-order valence-corrected chi connectivity index (χ0v) is 56.6. The first kappa shape index (κ1) is 80.5. The van der Waals surface area contributed by atoms with Gasteiger partial charge >= 0.3 is 29.8 Å². The molecule has 0 radical (unpaired) electrons. The van der Waals surface area contributed by atoms with E-state index in [2.05, 4.69) is 0 Å². The van der Waals surface area contributed by atoms with Crippen LogP contribution in [0.15, 0.2) is 0 Å². The van der Waals surface area contributed by atoms with Gasteiger partial charge in [-0.3, -0.25) is 24.0 Å². The van der Waals surface area contributed by atoms with E-state index in [4.69, 9.17) is 71.1 Å². The van der Waals surface area contributed by atoms with Crippen LogP contribution >= 0.6 is 0 Å². The summed E-state index contributed by atoms with van der Waals surface area (Å²) in [7, 11) is 0. The van der Waals surface area contributed by atoms with E-state index in [1.165, 1.54) is 20.8 Å². The summed E-state index contributed by atoms with van der Waals surface area (Å²) < 4.78 is 94.0. The zero-order valence-electron chi connectivity index (χ0n) is 56.6. The van der Waals surface area contributed by atoms with E-state index in [0.717, 1.165) is 38.5 Å². The second kappa shape index (κ2) is 38.9. The molecule has 29 atom stereocenters. The van der Waals surface area contributed by atoms with Gasteiger partial charge < -0.3 is 122 Å². The Balaban J connectivity index is 1.55. The Morgan fingerprint density at radius 3 is 1.55 bits per heavy atom. The van der Waals surface area contributed by atoms with Gasteiger partial charge in [0.2, 0.25) is 0 Å². The molecule has 0 aromatic heterocycles. The van der Waals surface area contributed by atoms with Crippen molar-refractivity contribution in [1.82, 2.24) is 0 Å². The van der Waals surface area contributed by atoms with Crippen LogP contribution in [0.25, 0.3) is 0 Å². The predicted octanol–water partition coefficient (Wildman–Crippen LogP) is 1.15. The minimum Gasteiger partial charge on any atom is -0.456 e. The minimum absolute atomic E-state index is 0.117.